The zero-order valence-corrected chi connectivity index (χ0v) is 14.3. The molecule has 0 amide bonds. The smallest absolute Gasteiger partial charge is 0.155 e. The number of unbranched alkanes of at least 4 members (excludes halogenated alkanes) is 3. The molecule has 0 saturated carbocycles. The lowest BCUT2D eigenvalue weighted by molar-refractivity contribution is 0.122. The Morgan fingerprint density at radius 1 is 1.18 bits per heavy atom. The molecular weight excluding hydrogens is 276 g/mol. The van der Waals surface area contributed by atoms with Crippen LogP contribution in [-0.2, 0) is 4.74 Å². The van der Waals surface area contributed by atoms with Crippen molar-refractivity contribution in [2.45, 2.75) is 58.8 Å². The SMILES string of the molecule is CCCCCCC(C)c1c(N2CCOCC2)nnc(N)c1C. The van der Waals surface area contributed by atoms with Crippen LogP contribution < -0.4 is 10.6 Å². The molecule has 5 heteroatoms. The topological polar surface area (TPSA) is 64.3 Å². The summed E-state index contributed by atoms with van der Waals surface area (Å²) in [4.78, 5) is 2.29. The molecule has 1 aromatic rings. The number of nitrogens with two attached hydrogens (primary N) is 1. The van der Waals surface area contributed by atoms with Gasteiger partial charge in [-0.1, -0.05) is 39.5 Å². The fraction of sp³-hybridized carbons (Fsp3) is 0.765. The summed E-state index contributed by atoms with van der Waals surface area (Å²) in [5.74, 6) is 2.04. The van der Waals surface area contributed by atoms with Crippen LogP contribution in [0.2, 0.25) is 0 Å². The van der Waals surface area contributed by atoms with Gasteiger partial charge >= 0.3 is 0 Å². The fourth-order valence-electron chi connectivity index (χ4n) is 3.16. The Labute approximate surface area is 134 Å². The Bertz CT molecular complexity index is 472. The summed E-state index contributed by atoms with van der Waals surface area (Å²) >= 11 is 0. The van der Waals surface area contributed by atoms with Gasteiger partial charge in [0.15, 0.2) is 5.82 Å². The fourth-order valence-corrected chi connectivity index (χ4v) is 3.16. The Morgan fingerprint density at radius 2 is 1.91 bits per heavy atom. The lowest BCUT2D eigenvalue weighted by Gasteiger charge is -2.31. The number of rotatable bonds is 7. The molecule has 1 unspecified atom stereocenters. The van der Waals surface area contributed by atoms with Crippen LogP contribution in [0.3, 0.4) is 0 Å². The maximum absolute atomic E-state index is 6.02. The van der Waals surface area contributed by atoms with Gasteiger partial charge in [-0.3, -0.25) is 0 Å². The summed E-state index contributed by atoms with van der Waals surface area (Å²) in [6.45, 7) is 9.90. The van der Waals surface area contributed by atoms with E-state index >= 15 is 0 Å². The van der Waals surface area contributed by atoms with Gasteiger partial charge < -0.3 is 15.4 Å². The van der Waals surface area contributed by atoms with Crippen LogP contribution in [0.15, 0.2) is 0 Å². The molecule has 124 valence electrons. The number of nitrogens with zero attached hydrogens (tertiary/aromatic N) is 3. The maximum Gasteiger partial charge on any atom is 0.155 e. The van der Waals surface area contributed by atoms with Crippen LogP contribution in [-0.4, -0.2) is 36.5 Å². The molecule has 0 radical (unpaired) electrons. The highest BCUT2D eigenvalue weighted by molar-refractivity contribution is 5.57. The van der Waals surface area contributed by atoms with Crippen molar-refractivity contribution in [1.29, 1.82) is 0 Å². The van der Waals surface area contributed by atoms with Crippen LogP contribution in [0, 0.1) is 6.92 Å². The predicted octanol–water partition coefficient (Wildman–Crippen LogP) is 3.28. The van der Waals surface area contributed by atoms with Crippen LogP contribution in [0.4, 0.5) is 11.6 Å². The van der Waals surface area contributed by atoms with E-state index in [1.54, 1.807) is 0 Å². The number of hydrogen-bond donors (Lipinski definition) is 1. The highest BCUT2D eigenvalue weighted by atomic mass is 16.5. The second-order valence-corrected chi connectivity index (χ2v) is 6.30. The Balaban J connectivity index is 2.17. The van der Waals surface area contributed by atoms with Crippen molar-refractivity contribution in [3.8, 4) is 0 Å². The van der Waals surface area contributed by atoms with E-state index < -0.39 is 0 Å². The van der Waals surface area contributed by atoms with Gasteiger partial charge in [-0.25, -0.2) is 0 Å². The van der Waals surface area contributed by atoms with Crippen molar-refractivity contribution in [1.82, 2.24) is 10.2 Å². The first-order chi connectivity index (χ1) is 10.6. The number of morpholine rings is 1. The van der Waals surface area contributed by atoms with Gasteiger partial charge in [-0.2, -0.15) is 0 Å². The lowest BCUT2D eigenvalue weighted by atomic mass is 9.91. The van der Waals surface area contributed by atoms with Crippen LogP contribution in [0.1, 0.15) is 63.0 Å². The van der Waals surface area contributed by atoms with Crippen molar-refractivity contribution >= 4 is 11.6 Å². The summed E-state index contributed by atoms with van der Waals surface area (Å²) in [6.07, 6.45) is 6.35. The van der Waals surface area contributed by atoms with E-state index in [9.17, 15) is 0 Å². The Morgan fingerprint density at radius 3 is 2.59 bits per heavy atom. The highest BCUT2D eigenvalue weighted by Gasteiger charge is 2.23. The Kier molecular flexibility index (Phi) is 6.43. The number of ether oxygens (including phenoxy) is 1. The third kappa shape index (κ3) is 4.09. The normalized spacial score (nSPS) is 16.8. The van der Waals surface area contributed by atoms with E-state index in [4.69, 9.17) is 10.5 Å². The minimum atomic E-state index is 0.465. The average molecular weight is 306 g/mol. The molecule has 1 aromatic heterocycles. The van der Waals surface area contributed by atoms with E-state index in [-0.39, 0.29) is 0 Å². The summed E-state index contributed by atoms with van der Waals surface area (Å²) in [5.41, 5.74) is 8.40. The van der Waals surface area contributed by atoms with Gasteiger partial charge in [0, 0.05) is 24.2 Å². The molecule has 0 spiro atoms. The third-order valence-corrected chi connectivity index (χ3v) is 4.58. The molecule has 0 bridgehead atoms. The molecule has 0 aromatic carbocycles. The predicted molar refractivity (Wildman–Crippen MR) is 91.4 cm³/mol. The second kappa shape index (κ2) is 8.32. The maximum atomic E-state index is 6.02. The zero-order chi connectivity index (χ0) is 15.9. The summed E-state index contributed by atoms with van der Waals surface area (Å²) in [6, 6.07) is 0. The van der Waals surface area contributed by atoms with Gasteiger partial charge in [-0.05, 0) is 19.3 Å². The first-order valence-corrected chi connectivity index (χ1v) is 8.60. The summed E-state index contributed by atoms with van der Waals surface area (Å²) in [7, 11) is 0. The van der Waals surface area contributed by atoms with Gasteiger partial charge in [0.25, 0.3) is 0 Å². The van der Waals surface area contributed by atoms with Crippen molar-refractivity contribution in [2.24, 2.45) is 0 Å². The van der Waals surface area contributed by atoms with E-state index in [1.807, 2.05) is 0 Å². The van der Waals surface area contributed by atoms with Crippen molar-refractivity contribution in [3.63, 3.8) is 0 Å². The average Bonchev–Trinajstić information content (AvgIpc) is 2.54. The largest absolute Gasteiger partial charge is 0.382 e. The first-order valence-electron chi connectivity index (χ1n) is 8.60. The van der Waals surface area contributed by atoms with E-state index in [2.05, 4.69) is 35.9 Å². The molecule has 1 aliphatic rings. The van der Waals surface area contributed by atoms with Gasteiger partial charge in [0.05, 0.1) is 13.2 Å². The number of hydrogen-bond acceptors (Lipinski definition) is 5. The minimum Gasteiger partial charge on any atom is -0.382 e. The number of anilines is 2. The van der Waals surface area contributed by atoms with Crippen LogP contribution >= 0.6 is 0 Å². The highest BCUT2D eigenvalue weighted by Crippen LogP contribution is 2.34. The Hall–Kier alpha value is -1.36. The van der Waals surface area contributed by atoms with Crippen molar-refractivity contribution < 1.29 is 4.74 Å². The monoisotopic (exact) mass is 306 g/mol. The third-order valence-electron chi connectivity index (χ3n) is 4.58. The van der Waals surface area contributed by atoms with Crippen LogP contribution in [0.5, 0.6) is 0 Å². The number of nitrogen functional groups attached to an aromatic ring is 1. The molecule has 1 saturated heterocycles. The summed E-state index contributed by atoms with van der Waals surface area (Å²) in [5, 5.41) is 8.58. The molecule has 0 aliphatic carbocycles. The van der Waals surface area contributed by atoms with E-state index in [0.29, 0.717) is 11.7 Å². The zero-order valence-electron chi connectivity index (χ0n) is 14.3. The molecule has 1 atom stereocenters. The molecular formula is C17H30N4O. The van der Waals surface area contributed by atoms with Gasteiger partial charge in [-0.15, -0.1) is 10.2 Å². The van der Waals surface area contributed by atoms with Crippen LogP contribution in [0.25, 0.3) is 0 Å². The molecule has 1 aliphatic heterocycles. The number of aromatic nitrogens is 2. The second-order valence-electron chi connectivity index (χ2n) is 6.30. The van der Waals surface area contributed by atoms with Crippen molar-refractivity contribution in [3.05, 3.63) is 11.1 Å². The summed E-state index contributed by atoms with van der Waals surface area (Å²) < 4.78 is 5.45. The molecule has 2 rings (SSSR count). The molecule has 2 heterocycles. The van der Waals surface area contributed by atoms with Crippen molar-refractivity contribution in [2.75, 3.05) is 36.9 Å². The minimum absolute atomic E-state index is 0.465. The van der Waals surface area contributed by atoms with Gasteiger partial charge in [0.2, 0.25) is 0 Å². The standard InChI is InChI=1S/C17H30N4O/c1-4-5-6-7-8-13(2)15-14(3)16(18)19-20-17(15)21-9-11-22-12-10-21/h13H,4-12H2,1-3H3,(H2,18,19). The molecule has 22 heavy (non-hydrogen) atoms. The van der Waals surface area contributed by atoms with Gasteiger partial charge in [0.1, 0.15) is 5.82 Å². The quantitative estimate of drug-likeness (QED) is 0.783. The molecule has 1 fully saturated rings. The van der Waals surface area contributed by atoms with E-state index in [1.165, 1.54) is 37.7 Å². The molecule has 2 N–H and O–H groups in total. The first kappa shape index (κ1) is 17.0. The molecule has 5 nitrogen and oxygen atoms in total. The lowest BCUT2D eigenvalue weighted by Crippen LogP contribution is -2.38. The van der Waals surface area contributed by atoms with E-state index in [0.717, 1.165) is 37.7 Å².